The van der Waals surface area contributed by atoms with Crippen molar-refractivity contribution in [1.82, 2.24) is 0 Å². The van der Waals surface area contributed by atoms with Crippen molar-refractivity contribution in [1.29, 1.82) is 0 Å². The summed E-state index contributed by atoms with van der Waals surface area (Å²) in [5.41, 5.74) is 5.29. The molecule has 0 bridgehead atoms. The second-order valence-corrected chi connectivity index (χ2v) is 12.1. The summed E-state index contributed by atoms with van der Waals surface area (Å²) in [5, 5.41) is 0. The smallest absolute Gasteiger partial charge is 0.122 e. The monoisotopic (exact) mass is 532 g/mol. The first-order valence-corrected chi connectivity index (χ1v) is 14.7. The van der Waals surface area contributed by atoms with Crippen LogP contribution >= 0.6 is 0 Å². The molecule has 0 N–H and O–H groups in total. The molecule has 0 unspecified atom stereocenters. The van der Waals surface area contributed by atoms with Crippen LogP contribution in [-0.4, -0.2) is 39.6 Å². The molecule has 4 rings (SSSR count). The van der Waals surface area contributed by atoms with E-state index in [0.717, 1.165) is 76.5 Å². The van der Waals surface area contributed by atoms with Gasteiger partial charge in [-0.2, -0.15) is 0 Å². The van der Waals surface area contributed by atoms with Gasteiger partial charge in [0.15, 0.2) is 0 Å². The van der Waals surface area contributed by atoms with E-state index in [1.807, 2.05) is 12.2 Å². The first-order valence-electron chi connectivity index (χ1n) is 14.7. The normalized spacial score (nSPS) is 17.5. The average Bonchev–Trinajstić information content (AvgIpc) is 2.89. The molecule has 2 aliphatic heterocycles. The Hall–Kier alpha value is -2.56. The van der Waals surface area contributed by atoms with Gasteiger partial charge in [0.2, 0.25) is 0 Å². The van der Waals surface area contributed by atoms with Gasteiger partial charge < -0.3 is 18.9 Å². The summed E-state index contributed by atoms with van der Waals surface area (Å²) in [4.78, 5) is 0. The van der Waals surface area contributed by atoms with Crippen molar-refractivity contribution in [3.63, 3.8) is 0 Å². The molecule has 39 heavy (non-hydrogen) atoms. The third-order valence-corrected chi connectivity index (χ3v) is 9.21. The first kappa shape index (κ1) is 29.4. The maximum Gasteiger partial charge on any atom is 0.122 e. The van der Waals surface area contributed by atoms with E-state index in [1.165, 1.54) is 22.3 Å². The Balaban J connectivity index is 1.49. The van der Waals surface area contributed by atoms with Crippen molar-refractivity contribution in [2.24, 2.45) is 10.8 Å². The van der Waals surface area contributed by atoms with E-state index in [-0.39, 0.29) is 5.41 Å². The molecule has 2 aromatic carbocycles. The molecule has 4 heteroatoms. The number of ether oxygens (including phenoxy) is 4. The van der Waals surface area contributed by atoms with E-state index in [0.29, 0.717) is 24.0 Å². The number of hydrogen-bond acceptors (Lipinski definition) is 4. The van der Waals surface area contributed by atoms with Crippen molar-refractivity contribution < 1.29 is 18.9 Å². The predicted molar refractivity (Wildman–Crippen MR) is 160 cm³/mol. The summed E-state index contributed by atoms with van der Waals surface area (Å²) in [6, 6.07) is 13.3. The highest BCUT2D eigenvalue weighted by Gasteiger charge is 2.37. The van der Waals surface area contributed by atoms with Crippen molar-refractivity contribution in [2.45, 2.75) is 71.6 Å². The Bertz CT molecular complexity index is 1020. The number of hydrogen-bond donors (Lipinski definition) is 0. The molecule has 0 atom stereocenters. The zero-order chi connectivity index (χ0) is 27.9. The van der Waals surface area contributed by atoms with E-state index in [4.69, 9.17) is 18.9 Å². The van der Waals surface area contributed by atoms with Crippen LogP contribution in [0.5, 0.6) is 11.5 Å². The van der Waals surface area contributed by atoms with Gasteiger partial charge in [-0.05, 0) is 72.9 Å². The average molecular weight is 533 g/mol. The van der Waals surface area contributed by atoms with E-state index in [1.54, 1.807) is 0 Å². The van der Waals surface area contributed by atoms with Gasteiger partial charge >= 0.3 is 0 Å². The van der Waals surface area contributed by atoms with Crippen LogP contribution in [0.25, 0.3) is 0 Å². The maximum atomic E-state index is 6.31. The minimum Gasteiger partial charge on any atom is -0.493 e. The van der Waals surface area contributed by atoms with E-state index >= 15 is 0 Å². The molecule has 2 aromatic rings. The molecule has 4 nitrogen and oxygen atoms in total. The quantitative estimate of drug-likeness (QED) is 0.206. The lowest BCUT2D eigenvalue weighted by atomic mass is 9.76. The van der Waals surface area contributed by atoms with Crippen LogP contribution in [0.1, 0.15) is 75.6 Å². The Morgan fingerprint density at radius 1 is 0.744 bits per heavy atom. The van der Waals surface area contributed by atoms with Crippen LogP contribution < -0.4 is 9.47 Å². The molecule has 2 heterocycles. The fraction of sp³-hybridized carbons (Fsp3) is 0.543. The highest BCUT2D eigenvalue weighted by atomic mass is 16.5. The topological polar surface area (TPSA) is 36.9 Å². The van der Waals surface area contributed by atoms with Crippen molar-refractivity contribution in [3.05, 3.63) is 84.0 Å². The molecular formula is C35H48O4. The highest BCUT2D eigenvalue weighted by Crippen LogP contribution is 2.39. The number of benzene rings is 2. The zero-order valence-corrected chi connectivity index (χ0v) is 24.7. The number of allylic oxidation sites excluding steroid dienone is 2. The molecule has 2 saturated heterocycles. The largest absolute Gasteiger partial charge is 0.493 e. The van der Waals surface area contributed by atoms with Gasteiger partial charge in [0.1, 0.15) is 11.5 Å². The van der Waals surface area contributed by atoms with Gasteiger partial charge in [-0.15, -0.1) is 13.2 Å². The third-order valence-electron chi connectivity index (χ3n) is 9.21. The van der Waals surface area contributed by atoms with Gasteiger partial charge in [0.25, 0.3) is 0 Å². The van der Waals surface area contributed by atoms with Crippen LogP contribution in [0.3, 0.4) is 0 Å². The second kappa shape index (κ2) is 12.7. The molecular weight excluding hydrogens is 484 g/mol. The molecule has 212 valence electrons. The van der Waals surface area contributed by atoms with Gasteiger partial charge in [0.05, 0.1) is 39.6 Å². The predicted octanol–water partition coefficient (Wildman–Crippen LogP) is 7.86. The lowest BCUT2D eigenvalue weighted by Gasteiger charge is -2.40. The summed E-state index contributed by atoms with van der Waals surface area (Å²) in [5.74, 6) is 1.91. The van der Waals surface area contributed by atoms with Crippen LogP contribution in [-0.2, 0) is 27.7 Å². The Morgan fingerprint density at radius 3 is 1.46 bits per heavy atom. The molecule has 0 aliphatic carbocycles. The molecule has 0 radical (unpaired) electrons. The van der Waals surface area contributed by atoms with Crippen molar-refractivity contribution in [3.8, 4) is 11.5 Å². The fourth-order valence-corrected chi connectivity index (χ4v) is 5.60. The SMILES string of the molecule is C=CCc1cc(C(C)(C)c2ccc(OCCC3(CC)COC3)c(CC=C)c2)ccc1OCCC1(CC)COC1. The Morgan fingerprint density at radius 2 is 1.15 bits per heavy atom. The van der Waals surface area contributed by atoms with Crippen LogP contribution in [0.2, 0.25) is 0 Å². The van der Waals surface area contributed by atoms with Crippen LogP contribution in [0, 0.1) is 10.8 Å². The summed E-state index contributed by atoms with van der Waals surface area (Å²) >= 11 is 0. The summed E-state index contributed by atoms with van der Waals surface area (Å²) in [6.07, 6.45) is 9.79. The van der Waals surface area contributed by atoms with Gasteiger partial charge in [-0.3, -0.25) is 0 Å². The van der Waals surface area contributed by atoms with Crippen LogP contribution in [0.4, 0.5) is 0 Å². The van der Waals surface area contributed by atoms with E-state index in [2.05, 4.69) is 77.3 Å². The van der Waals surface area contributed by atoms with Gasteiger partial charge in [-0.25, -0.2) is 0 Å². The molecule has 2 fully saturated rings. The summed E-state index contributed by atoms with van der Waals surface area (Å²) < 4.78 is 23.6. The summed E-state index contributed by atoms with van der Waals surface area (Å²) in [6.45, 7) is 21.9. The van der Waals surface area contributed by atoms with Crippen molar-refractivity contribution >= 4 is 0 Å². The van der Waals surface area contributed by atoms with Crippen LogP contribution in [0.15, 0.2) is 61.7 Å². The molecule has 0 amide bonds. The molecule has 0 aromatic heterocycles. The maximum absolute atomic E-state index is 6.31. The van der Waals surface area contributed by atoms with Gasteiger partial charge in [-0.1, -0.05) is 64.1 Å². The molecule has 0 spiro atoms. The summed E-state index contributed by atoms with van der Waals surface area (Å²) in [7, 11) is 0. The standard InChI is InChI=1S/C35H48O4/c1-7-11-27-21-29(13-15-31(27)38-19-17-34(9-3)23-36-24-34)33(5,6)30-14-16-32(28(22-30)12-8-2)39-20-18-35(10-4)25-37-26-35/h7-8,13-16,21-22H,1-2,9-12,17-20,23-26H2,3-6H3. The molecule has 0 saturated carbocycles. The van der Waals surface area contributed by atoms with Crippen molar-refractivity contribution in [2.75, 3.05) is 39.6 Å². The lowest BCUT2D eigenvalue weighted by molar-refractivity contribution is -0.123. The third kappa shape index (κ3) is 6.61. The van der Waals surface area contributed by atoms with E-state index < -0.39 is 0 Å². The molecule has 2 aliphatic rings. The number of rotatable bonds is 16. The Kier molecular flexibility index (Phi) is 9.61. The van der Waals surface area contributed by atoms with Gasteiger partial charge in [0, 0.05) is 16.2 Å². The highest BCUT2D eigenvalue weighted by molar-refractivity contribution is 5.48. The minimum atomic E-state index is -0.187. The second-order valence-electron chi connectivity index (χ2n) is 12.1. The fourth-order valence-electron chi connectivity index (χ4n) is 5.60. The Labute approximate surface area is 236 Å². The zero-order valence-electron chi connectivity index (χ0n) is 24.7. The first-order chi connectivity index (χ1) is 18.8. The van der Waals surface area contributed by atoms with E-state index in [9.17, 15) is 0 Å². The minimum absolute atomic E-state index is 0.187. The lowest BCUT2D eigenvalue weighted by Crippen LogP contribution is -2.43.